The third-order valence-electron chi connectivity index (χ3n) is 3.76. The number of aliphatic hydroxyl groups is 1. The Kier molecular flexibility index (Phi) is 3.49. The molecule has 1 heterocycles. The van der Waals surface area contributed by atoms with E-state index in [1.54, 1.807) is 0 Å². The lowest BCUT2D eigenvalue weighted by atomic mass is 9.78. The van der Waals surface area contributed by atoms with Gasteiger partial charge in [0.1, 0.15) is 0 Å². The molecule has 1 fully saturated rings. The molecule has 0 spiro atoms. The van der Waals surface area contributed by atoms with Crippen LogP contribution in [0.1, 0.15) is 23.7 Å². The van der Waals surface area contributed by atoms with E-state index in [0.29, 0.717) is 6.42 Å². The average Bonchev–Trinajstić information content (AvgIpc) is 2.65. The summed E-state index contributed by atoms with van der Waals surface area (Å²) in [4.78, 5) is 0. The van der Waals surface area contributed by atoms with Crippen molar-refractivity contribution in [3.05, 3.63) is 35.4 Å². The lowest BCUT2D eigenvalue weighted by molar-refractivity contribution is 0.0471. The zero-order chi connectivity index (χ0) is 13.4. The van der Waals surface area contributed by atoms with Gasteiger partial charge in [0.05, 0.1) is 17.6 Å². The molecule has 1 aliphatic heterocycles. The average molecular weight is 269 g/mol. The molecule has 0 radical (unpaired) electrons. The maximum absolute atomic E-state index is 11.6. The van der Waals surface area contributed by atoms with Crippen LogP contribution < -0.4 is 5.73 Å². The normalized spacial score (nSPS) is 28.2. The molecule has 0 saturated carbocycles. The third kappa shape index (κ3) is 2.43. The Morgan fingerprint density at radius 3 is 2.72 bits per heavy atom. The smallest absolute Gasteiger partial charge is 0.151 e. The van der Waals surface area contributed by atoms with Gasteiger partial charge in [-0.05, 0) is 18.9 Å². The highest BCUT2D eigenvalue weighted by molar-refractivity contribution is 7.91. The first-order valence-corrected chi connectivity index (χ1v) is 7.86. The van der Waals surface area contributed by atoms with Crippen LogP contribution in [0.4, 0.5) is 0 Å². The number of rotatable bonds is 3. The summed E-state index contributed by atoms with van der Waals surface area (Å²) >= 11 is 0. The van der Waals surface area contributed by atoms with Crippen molar-refractivity contribution in [2.75, 3.05) is 18.1 Å². The number of benzene rings is 1. The Morgan fingerprint density at radius 1 is 1.50 bits per heavy atom. The van der Waals surface area contributed by atoms with Crippen LogP contribution in [0.25, 0.3) is 0 Å². The van der Waals surface area contributed by atoms with Crippen molar-refractivity contribution < 1.29 is 13.5 Å². The highest BCUT2D eigenvalue weighted by Crippen LogP contribution is 2.42. The lowest BCUT2D eigenvalue weighted by Crippen LogP contribution is -2.38. The van der Waals surface area contributed by atoms with E-state index in [-0.39, 0.29) is 18.1 Å². The number of hydrogen-bond acceptors (Lipinski definition) is 4. The van der Waals surface area contributed by atoms with Crippen LogP contribution in [0.2, 0.25) is 0 Å². The van der Waals surface area contributed by atoms with E-state index in [9.17, 15) is 13.5 Å². The molecule has 1 aromatic carbocycles. The molecule has 4 nitrogen and oxygen atoms in total. The molecule has 0 bridgehead atoms. The van der Waals surface area contributed by atoms with Crippen molar-refractivity contribution in [2.24, 2.45) is 11.1 Å². The molecule has 0 aliphatic carbocycles. The standard InChI is InChI=1S/C13H19NO3S/c1-10-3-2-4-11(7-10)12(15)13(8-14)5-6-18(16,17)9-13/h2-4,7,12,15H,5-6,8-9,14H2,1H3. The summed E-state index contributed by atoms with van der Waals surface area (Å²) in [5.74, 6) is 0.0959. The van der Waals surface area contributed by atoms with Crippen LogP contribution in [-0.2, 0) is 9.84 Å². The molecule has 5 heteroatoms. The highest BCUT2D eigenvalue weighted by Gasteiger charge is 2.46. The minimum absolute atomic E-state index is 0.0222. The van der Waals surface area contributed by atoms with Gasteiger partial charge >= 0.3 is 0 Å². The van der Waals surface area contributed by atoms with Gasteiger partial charge in [0, 0.05) is 12.0 Å². The molecule has 2 rings (SSSR count). The summed E-state index contributed by atoms with van der Waals surface area (Å²) in [6.45, 7) is 2.12. The van der Waals surface area contributed by atoms with E-state index in [0.717, 1.165) is 11.1 Å². The number of aryl methyl sites for hydroxylation is 1. The number of aliphatic hydroxyl groups excluding tert-OH is 1. The van der Waals surface area contributed by atoms with Crippen molar-refractivity contribution in [1.29, 1.82) is 0 Å². The number of sulfone groups is 1. The van der Waals surface area contributed by atoms with Gasteiger partial charge in [0.25, 0.3) is 0 Å². The Labute approximate surface area is 108 Å². The molecular weight excluding hydrogens is 250 g/mol. The second-order valence-electron chi connectivity index (χ2n) is 5.23. The fraction of sp³-hybridized carbons (Fsp3) is 0.538. The maximum atomic E-state index is 11.6. The molecule has 1 saturated heterocycles. The van der Waals surface area contributed by atoms with E-state index >= 15 is 0 Å². The molecule has 0 amide bonds. The molecule has 2 unspecified atom stereocenters. The molecule has 18 heavy (non-hydrogen) atoms. The van der Waals surface area contributed by atoms with Crippen LogP contribution >= 0.6 is 0 Å². The number of nitrogens with two attached hydrogens (primary N) is 1. The Bertz CT molecular complexity index is 541. The van der Waals surface area contributed by atoms with Crippen molar-refractivity contribution >= 4 is 9.84 Å². The first kappa shape index (κ1) is 13.5. The van der Waals surface area contributed by atoms with E-state index in [2.05, 4.69) is 0 Å². The van der Waals surface area contributed by atoms with Gasteiger partial charge < -0.3 is 10.8 Å². The maximum Gasteiger partial charge on any atom is 0.151 e. The minimum Gasteiger partial charge on any atom is -0.388 e. The van der Waals surface area contributed by atoms with Crippen LogP contribution in [0, 0.1) is 12.3 Å². The second kappa shape index (κ2) is 4.64. The second-order valence-corrected chi connectivity index (χ2v) is 7.41. The third-order valence-corrected chi connectivity index (χ3v) is 5.60. The molecule has 100 valence electrons. The van der Waals surface area contributed by atoms with Crippen LogP contribution in [0.15, 0.2) is 24.3 Å². The molecular formula is C13H19NO3S. The summed E-state index contributed by atoms with van der Waals surface area (Å²) in [5.41, 5.74) is 6.80. The van der Waals surface area contributed by atoms with Crippen molar-refractivity contribution in [2.45, 2.75) is 19.4 Å². The lowest BCUT2D eigenvalue weighted by Gasteiger charge is -2.32. The predicted molar refractivity (Wildman–Crippen MR) is 70.9 cm³/mol. The summed E-state index contributed by atoms with van der Waals surface area (Å²) in [5, 5.41) is 10.5. The Balaban J connectivity index is 2.34. The zero-order valence-corrected chi connectivity index (χ0v) is 11.3. The molecule has 0 aromatic heterocycles. The molecule has 1 aliphatic rings. The fourth-order valence-electron chi connectivity index (χ4n) is 2.62. The van der Waals surface area contributed by atoms with Crippen molar-refractivity contribution in [3.63, 3.8) is 0 Å². The van der Waals surface area contributed by atoms with Gasteiger partial charge in [-0.15, -0.1) is 0 Å². The van der Waals surface area contributed by atoms with Crippen LogP contribution in [-0.4, -0.2) is 31.6 Å². The Morgan fingerprint density at radius 2 is 2.22 bits per heavy atom. The van der Waals surface area contributed by atoms with Gasteiger partial charge in [0.15, 0.2) is 9.84 Å². The van der Waals surface area contributed by atoms with Crippen molar-refractivity contribution in [3.8, 4) is 0 Å². The summed E-state index contributed by atoms with van der Waals surface area (Å²) in [7, 11) is -3.07. The molecule has 2 atom stereocenters. The van der Waals surface area contributed by atoms with Crippen LogP contribution in [0.5, 0.6) is 0 Å². The van der Waals surface area contributed by atoms with Crippen molar-refractivity contribution in [1.82, 2.24) is 0 Å². The largest absolute Gasteiger partial charge is 0.388 e. The fourth-order valence-corrected chi connectivity index (χ4v) is 4.78. The van der Waals surface area contributed by atoms with E-state index in [1.807, 2.05) is 31.2 Å². The van der Waals surface area contributed by atoms with Gasteiger partial charge in [-0.1, -0.05) is 29.8 Å². The van der Waals surface area contributed by atoms with Gasteiger partial charge in [-0.3, -0.25) is 0 Å². The van der Waals surface area contributed by atoms with E-state index in [1.165, 1.54) is 0 Å². The zero-order valence-electron chi connectivity index (χ0n) is 10.5. The van der Waals surface area contributed by atoms with Gasteiger partial charge in [-0.2, -0.15) is 0 Å². The number of hydrogen-bond donors (Lipinski definition) is 2. The Hall–Kier alpha value is -0.910. The summed E-state index contributed by atoms with van der Waals surface area (Å²) in [6.07, 6.45) is -0.388. The minimum atomic E-state index is -3.07. The molecule has 3 N–H and O–H groups in total. The van der Waals surface area contributed by atoms with Crippen LogP contribution in [0.3, 0.4) is 0 Å². The first-order chi connectivity index (χ1) is 8.38. The predicted octanol–water partition coefficient (Wildman–Crippen LogP) is 0.792. The topological polar surface area (TPSA) is 80.4 Å². The van der Waals surface area contributed by atoms with Gasteiger partial charge in [-0.25, -0.2) is 8.42 Å². The van der Waals surface area contributed by atoms with Gasteiger partial charge in [0.2, 0.25) is 0 Å². The van der Waals surface area contributed by atoms with E-state index in [4.69, 9.17) is 5.73 Å². The van der Waals surface area contributed by atoms with E-state index < -0.39 is 21.4 Å². The SMILES string of the molecule is Cc1cccc(C(O)C2(CN)CCS(=O)(=O)C2)c1. The first-order valence-electron chi connectivity index (χ1n) is 6.04. The summed E-state index contributed by atoms with van der Waals surface area (Å²) < 4.78 is 23.3. The highest BCUT2D eigenvalue weighted by atomic mass is 32.2. The quantitative estimate of drug-likeness (QED) is 0.850. The summed E-state index contributed by atoms with van der Waals surface area (Å²) in [6, 6.07) is 7.51. The molecule has 1 aromatic rings. The monoisotopic (exact) mass is 269 g/mol.